The van der Waals surface area contributed by atoms with Gasteiger partial charge in [-0.05, 0) is 26.0 Å². The molecule has 0 fully saturated rings. The Morgan fingerprint density at radius 1 is 1.24 bits per heavy atom. The molecule has 0 aliphatic heterocycles. The second-order valence-electron chi connectivity index (χ2n) is 3.99. The molecule has 0 spiro atoms. The molecule has 0 saturated heterocycles. The normalized spacial score (nSPS) is 13.5. The largest absolute Gasteiger partial charge is 0.489 e. The van der Waals surface area contributed by atoms with Crippen LogP contribution in [-0.4, -0.2) is 25.4 Å². The topological polar surface area (TPSA) is 21.3 Å². The summed E-state index contributed by atoms with van der Waals surface area (Å²) in [5.74, 6) is 0.664. The van der Waals surface area contributed by atoms with Gasteiger partial charge in [-0.25, -0.2) is 0 Å². The van der Waals surface area contributed by atoms with Crippen LogP contribution in [0.25, 0.3) is 0 Å². The Hall–Kier alpha value is -1.23. The van der Waals surface area contributed by atoms with Gasteiger partial charge in [0.1, 0.15) is 11.9 Å². The molecule has 17 heavy (non-hydrogen) atoms. The van der Waals surface area contributed by atoms with E-state index in [9.17, 15) is 13.2 Å². The van der Waals surface area contributed by atoms with Gasteiger partial charge in [0.15, 0.2) is 0 Å². The van der Waals surface area contributed by atoms with Crippen LogP contribution in [0.3, 0.4) is 0 Å². The molecular weight excluding hydrogens is 231 g/mol. The van der Waals surface area contributed by atoms with E-state index in [1.165, 1.54) is 0 Å². The molecule has 1 N–H and O–H groups in total. The van der Waals surface area contributed by atoms with Gasteiger partial charge in [-0.2, -0.15) is 13.2 Å². The minimum Gasteiger partial charge on any atom is -0.489 e. The van der Waals surface area contributed by atoms with Crippen LogP contribution < -0.4 is 10.1 Å². The Morgan fingerprint density at radius 2 is 1.82 bits per heavy atom. The van der Waals surface area contributed by atoms with Gasteiger partial charge in [-0.1, -0.05) is 17.7 Å². The first-order valence-electron chi connectivity index (χ1n) is 5.37. The second kappa shape index (κ2) is 5.91. The smallest absolute Gasteiger partial charge is 0.401 e. The van der Waals surface area contributed by atoms with Gasteiger partial charge in [0.25, 0.3) is 0 Å². The standard InChI is InChI=1S/C12H16F3NO/c1-9-3-5-11(6-4-9)17-10(2)7-16-8-12(13,14)15/h3-6,10,16H,7-8H2,1-2H3. The Kier molecular flexibility index (Phi) is 4.81. The molecule has 1 rings (SSSR count). The highest BCUT2D eigenvalue weighted by atomic mass is 19.4. The average Bonchev–Trinajstić information content (AvgIpc) is 2.19. The Morgan fingerprint density at radius 3 is 2.35 bits per heavy atom. The molecule has 1 unspecified atom stereocenters. The minimum atomic E-state index is -4.18. The summed E-state index contributed by atoms with van der Waals surface area (Å²) >= 11 is 0. The molecule has 2 nitrogen and oxygen atoms in total. The maximum Gasteiger partial charge on any atom is 0.401 e. The molecule has 0 aliphatic rings. The highest BCUT2D eigenvalue weighted by Gasteiger charge is 2.26. The van der Waals surface area contributed by atoms with Crippen LogP contribution in [0.2, 0.25) is 0 Å². The number of aryl methyl sites for hydroxylation is 1. The summed E-state index contributed by atoms with van der Waals surface area (Å²) in [6.07, 6.45) is -4.48. The zero-order valence-corrected chi connectivity index (χ0v) is 9.84. The number of benzene rings is 1. The van der Waals surface area contributed by atoms with Crippen molar-refractivity contribution in [2.24, 2.45) is 0 Å². The van der Waals surface area contributed by atoms with Crippen molar-refractivity contribution in [2.75, 3.05) is 13.1 Å². The fourth-order valence-electron chi connectivity index (χ4n) is 1.31. The van der Waals surface area contributed by atoms with Crippen LogP contribution in [0.5, 0.6) is 5.75 Å². The summed E-state index contributed by atoms with van der Waals surface area (Å²) in [5, 5.41) is 2.31. The average molecular weight is 247 g/mol. The second-order valence-corrected chi connectivity index (χ2v) is 3.99. The van der Waals surface area contributed by atoms with Crippen molar-refractivity contribution < 1.29 is 17.9 Å². The monoisotopic (exact) mass is 247 g/mol. The van der Waals surface area contributed by atoms with Crippen LogP contribution in [0.1, 0.15) is 12.5 Å². The van der Waals surface area contributed by atoms with E-state index in [-0.39, 0.29) is 12.6 Å². The number of ether oxygens (including phenoxy) is 1. The van der Waals surface area contributed by atoms with Gasteiger partial charge < -0.3 is 10.1 Å². The third-order valence-electron chi connectivity index (χ3n) is 2.12. The van der Waals surface area contributed by atoms with Crippen LogP contribution in [-0.2, 0) is 0 Å². The Balaban J connectivity index is 2.30. The first-order chi connectivity index (χ1) is 7.87. The number of alkyl halides is 3. The lowest BCUT2D eigenvalue weighted by atomic mass is 10.2. The van der Waals surface area contributed by atoms with Gasteiger partial charge >= 0.3 is 6.18 Å². The molecule has 1 aromatic rings. The highest BCUT2D eigenvalue weighted by molar-refractivity contribution is 5.26. The van der Waals surface area contributed by atoms with Crippen molar-refractivity contribution in [3.63, 3.8) is 0 Å². The van der Waals surface area contributed by atoms with Crippen molar-refractivity contribution in [3.05, 3.63) is 29.8 Å². The summed E-state index contributed by atoms with van der Waals surface area (Å²) in [6, 6.07) is 7.39. The van der Waals surface area contributed by atoms with E-state index in [1.54, 1.807) is 19.1 Å². The van der Waals surface area contributed by atoms with Crippen LogP contribution in [0, 0.1) is 6.92 Å². The number of halogens is 3. The lowest BCUT2D eigenvalue weighted by Gasteiger charge is -2.16. The van der Waals surface area contributed by atoms with E-state index in [0.29, 0.717) is 5.75 Å². The van der Waals surface area contributed by atoms with Crippen molar-refractivity contribution >= 4 is 0 Å². The summed E-state index contributed by atoms with van der Waals surface area (Å²) < 4.78 is 41.1. The van der Waals surface area contributed by atoms with Crippen LogP contribution >= 0.6 is 0 Å². The van der Waals surface area contributed by atoms with Crippen molar-refractivity contribution in [2.45, 2.75) is 26.1 Å². The molecule has 0 radical (unpaired) electrons. The Bertz CT molecular complexity index is 335. The van der Waals surface area contributed by atoms with Gasteiger partial charge in [-0.15, -0.1) is 0 Å². The third-order valence-corrected chi connectivity index (χ3v) is 2.12. The molecule has 0 aromatic heterocycles. The van der Waals surface area contributed by atoms with E-state index < -0.39 is 12.7 Å². The summed E-state index contributed by atoms with van der Waals surface area (Å²) in [4.78, 5) is 0. The molecule has 0 saturated carbocycles. The third kappa shape index (κ3) is 6.16. The molecular formula is C12H16F3NO. The first kappa shape index (κ1) is 13.8. The molecule has 1 aromatic carbocycles. The van der Waals surface area contributed by atoms with Crippen molar-refractivity contribution in [1.82, 2.24) is 5.32 Å². The maximum atomic E-state index is 11.9. The van der Waals surface area contributed by atoms with Gasteiger partial charge in [-0.3, -0.25) is 0 Å². The van der Waals surface area contributed by atoms with E-state index in [0.717, 1.165) is 5.56 Å². The highest BCUT2D eigenvalue weighted by Crippen LogP contribution is 2.14. The van der Waals surface area contributed by atoms with Gasteiger partial charge in [0.05, 0.1) is 6.54 Å². The van der Waals surface area contributed by atoms with E-state index in [4.69, 9.17) is 4.74 Å². The first-order valence-corrected chi connectivity index (χ1v) is 5.37. The lowest BCUT2D eigenvalue weighted by molar-refractivity contribution is -0.125. The SMILES string of the molecule is Cc1ccc(OC(C)CNCC(F)(F)F)cc1. The van der Waals surface area contributed by atoms with Crippen molar-refractivity contribution in [1.29, 1.82) is 0 Å². The van der Waals surface area contributed by atoms with Crippen LogP contribution in [0.4, 0.5) is 13.2 Å². The van der Waals surface area contributed by atoms with Crippen molar-refractivity contribution in [3.8, 4) is 5.75 Å². The zero-order chi connectivity index (χ0) is 12.9. The van der Waals surface area contributed by atoms with Crippen LogP contribution in [0.15, 0.2) is 24.3 Å². The summed E-state index contributed by atoms with van der Waals surface area (Å²) in [6.45, 7) is 2.85. The maximum absolute atomic E-state index is 11.9. The predicted octanol–water partition coefficient (Wildman–Crippen LogP) is 2.91. The Labute approximate surface area is 98.8 Å². The molecule has 96 valence electrons. The quantitative estimate of drug-likeness (QED) is 0.863. The van der Waals surface area contributed by atoms with E-state index in [2.05, 4.69) is 5.32 Å². The molecule has 1 atom stereocenters. The van der Waals surface area contributed by atoms with E-state index >= 15 is 0 Å². The number of rotatable bonds is 5. The molecule has 0 amide bonds. The van der Waals surface area contributed by atoms with E-state index in [1.807, 2.05) is 19.1 Å². The fourth-order valence-corrected chi connectivity index (χ4v) is 1.31. The molecule has 0 aliphatic carbocycles. The molecule has 0 bridgehead atoms. The number of hydrogen-bond donors (Lipinski definition) is 1. The zero-order valence-electron chi connectivity index (χ0n) is 9.84. The summed E-state index contributed by atoms with van der Waals surface area (Å²) in [7, 11) is 0. The molecule has 5 heteroatoms. The van der Waals surface area contributed by atoms with Gasteiger partial charge in [0, 0.05) is 6.54 Å². The predicted molar refractivity (Wildman–Crippen MR) is 60.2 cm³/mol. The minimum absolute atomic E-state index is 0.160. The number of nitrogens with one attached hydrogen (secondary N) is 1. The summed E-state index contributed by atoms with van der Waals surface area (Å²) in [5.41, 5.74) is 1.11. The number of hydrogen-bond acceptors (Lipinski definition) is 2. The van der Waals surface area contributed by atoms with Gasteiger partial charge in [0.2, 0.25) is 0 Å². The lowest BCUT2D eigenvalue weighted by Crippen LogP contribution is -2.35. The fraction of sp³-hybridized carbons (Fsp3) is 0.500. The molecule has 0 heterocycles.